The van der Waals surface area contributed by atoms with E-state index < -0.39 is 27.6 Å². The number of aliphatic hydroxyl groups is 1. The number of nitrogens with zero attached hydrogens (tertiary/aromatic N) is 1. The minimum Gasteiger partial charge on any atom is -0.391 e. The molecule has 1 atom stereocenters. The Bertz CT molecular complexity index is 602. The number of hydrogen-bond acceptors (Lipinski definition) is 4. The first-order chi connectivity index (χ1) is 9.01. The first-order valence-electron chi connectivity index (χ1n) is 6.11. The number of aryl methyl sites for hydroxylation is 1. The van der Waals surface area contributed by atoms with E-state index >= 15 is 0 Å². The largest absolute Gasteiger partial charge is 0.391 e. The van der Waals surface area contributed by atoms with Gasteiger partial charge in [-0.1, -0.05) is 0 Å². The number of aliphatic hydroxyl groups excluding tert-OH is 1. The number of hydrogen-bond donors (Lipinski definition) is 3. The fourth-order valence-electron chi connectivity index (χ4n) is 1.49. The Morgan fingerprint density at radius 1 is 1.45 bits per heavy atom. The molecule has 20 heavy (non-hydrogen) atoms. The highest BCUT2D eigenvalue weighted by Crippen LogP contribution is 2.15. The molecule has 0 fully saturated rings. The van der Waals surface area contributed by atoms with Gasteiger partial charge in [0.15, 0.2) is 0 Å². The molecule has 1 heterocycles. The van der Waals surface area contributed by atoms with Crippen molar-refractivity contribution < 1.29 is 18.3 Å². The van der Waals surface area contributed by atoms with Crippen LogP contribution < -0.4 is 10.0 Å². The summed E-state index contributed by atoms with van der Waals surface area (Å²) in [6.45, 7) is 4.94. The van der Waals surface area contributed by atoms with Gasteiger partial charge in [-0.05, 0) is 33.9 Å². The quantitative estimate of drug-likeness (QED) is 0.702. The highest BCUT2D eigenvalue weighted by molar-refractivity contribution is 7.89. The van der Waals surface area contributed by atoms with E-state index in [0.29, 0.717) is 0 Å². The molecule has 0 aliphatic carbocycles. The molecule has 1 aromatic heterocycles. The lowest BCUT2D eigenvalue weighted by Gasteiger charge is -2.29. The third-order valence-corrected chi connectivity index (χ3v) is 4.65. The molecule has 0 saturated carbocycles. The maximum Gasteiger partial charge on any atom is 0.268 e. The molecule has 7 nitrogen and oxygen atoms in total. The number of aromatic nitrogens is 1. The van der Waals surface area contributed by atoms with Crippen LogP contribution in [0, 0.1) is 0 Å². The van der Waals surface area contributed by atoms with Crippen LogP contribution in [0.3, 0.4) is 0 Å². The van der Waals surface area contributed by atoms with Crippen molar-refractivity contribution in [2.75, 3.05) is 7.05 Å². The van der Waals surface area contributed by atoms with Crippen molar-refractivity contribution in [3.05, 3.63) is 18.0 Å². The molecule has 1 amide bonds. The Morgan fingerprint density at radius 2 is 2.00 bits per heavy atom. The lowest BCUT2D eigenvalue weighted by molar-refractivity contribution is 0.0703. The second kappa shape index (κ2) is 5.55. The molecule has 0 spiro atoms. The predicted molar refractivity (Wildman–Crippen MR) is 74.9 cm³/mol. The van der Waals surface area contributed by atoms with E-state index in [4.69, 9.17) is 0 Å². The first kappa shape index (κ1) is 16.7. The summed E-state index contributed by atoms with van der Waals surface area (Å²) in [5.74, 6) is -0.448. The average molecular weight is 303 g/mol. The fourth-order valence-corrected chi connectivity index (χ4v) is 2.29. The van der Waals surface area contributed by atoms with E-state index in [0.717, 1.165) is 0 Å². The lowest BCUT2D eigenvalue weighted by atomic mass is 9.98. The Labute approximate surface area is 119 Å². The molecule has 8 heteroatoms. The van der Waals surface area contributed by atoms with Gasteiger partial charge in [0.2, 0.25) is 10.0 Å². The standard InChI is InChI=1S/C12H21N3O4S/c1-8(16)12(2,3)14-11(17)10-6-9(7-15(10)5)20(18,19)13-4/h6-8,13,16H,1-5H3,(H,14,17). The van der Waals surface area contributed by atoms with E-state index in [-0.39, 0.29) is 10.6 Å². The number of sulfonamides is 1. The molecule has 0 aliphatic heterocycles. The maximum absolute atomic E-state index is 12.2. The van der Waals surface area contributed by atoms with Gasteiger partial charge in [0, 0.05) is 13.2 Å². The smallest absolute Gasteiger partial charge is 0.268 e. The van der Waals surface area contributed by atoms with Gasteiger partial charge in [0.05, 0.1) is 11.6 Å². The summed E-state index contributed by atoms with van der Waals surface area (Å²) in [4.78, 5) is 12.2. The van der Waals surface area contributed by atoms with Crippen LogP contribution in [0.15, 0.2) is 17.2 Å². The van der Waals surface area contributed by atoms with Crippen LogP contribution in [0.1, 0.15) is 31.3 Å². The SMILES string of the molecule is CNS(=O)(=O)c1cc(C(=O)NC(C)(C)C(C)O)n(C)c1. The van der Waals surface area contributed by atoms with E-state index in [1.54, 1.807) is 27.8 Å². The zero-order valence-corrected chi connectivity index (χ0v) is 13.1. The molecule has 114 valence electrons. The van der Waals surface area contributed by atoms with Crippen molar-refractivity contribution in [2.24, 2.45) is 7.05 Å². The van der Waals surface area contributed by atoms with Crippen LogP contribution in [-0.2, 0) is 17.1 Å². The van der Waals surface area contributed by atoms with E-state index in [9.17, 15) is 18.3 Å². The fraction of sp³-hybridized carbons (Fsp3) is 0.583. The van der Waals surface area contributed by atoms with E-state index in [2.05, 4.69) is 10.0 Å². The minimum atomic E-state index is -3.59. The van der Waals surface area contributed by atoms with Crippen molar-refractivity contribution in [3.63, 3.8) is 0 Å². The highest BCUT2D eigenvalue weighted by Gasteiger charge is 2.28. The zero-order valence-electron chi connectivity index (χ0n) is 12.3. The third kappa shape index (κ3) is 3.38. The monoisotopic (exact) mass is 303 g/mol. The van der Waals surface area contributed by atoms with Gasteiger partial charge in [-0.15, -0.1) is 0 Å². The van der Waals surface area contributed by atoms with Gasteiger partial charge >= 0.3 is 0 Å². The average Bonchev–Trinajstić information content (AvgIpc) is 2.71. The van der Waals surface area contributed by atoms with Gasteiger partial charge < -0.3 is 15.0 Å². The molecular formula is C12H21N3O4S. The van der Waals surface area contributed by atoms with Crippen LogP contribution in [0.5, 0.6) is 0 Å². The third-order valence-electron chi connectivity index (χ3n) is 3.27. The van der Waals surface area contributed by atoms with Crippen LogP contribution >= 0.6 is 0 Å². The summed E-state index contributed by atoms with van der Waals surface area (Å²) in [5, 5.41) is 12.3. The molecular weight excluding hydrogens is 282 g/mol. The van der Waals surface area contributed by atoms with Crippen molar-refractivity contribution >= 4 is 15.9 Å². The maximum atomic E-state index is 12.2. The second-order valence-electron chi connectivity index (χ2n) is 5.23. The number of rotatable bonds is 5. The number of carbonyl (C=O) groups is 1. The lowest BCUT2D eigenvalue weighted by Crippen LogP contribution is -2.51. The van der Waals surface area contributed by atoms with Crippen LogP contribution in [0.2, 0.25) is 0 Å². The van der Waals surface area contributed by atoms with Gasteiger partial charge in [-0.25, -0.2) is 13.1 Å². The number of amides is 1. The normalized spacial score (nSPS) is 14.1. The van der Waals surface area contributed by atoms with Crippen molar-refractivity contribution in [2.45, 2.75) is 37.3 Å². The number of nitrogens with one attached hydrogen (secondary N) is 2. The molecule has 0 aromatic carbocycles. The summed E-state index contributed by atoms with van der Waals surface area (Å²) in [6, 6.07) is 1.29. The molecule has 1 rings (SSSR count). The highest BCUT2D eigenvalue weighted by atomic mass is 32.2. The van der Waals surface area contributed by atoms with Crippen LogP contribution in [0.25, 0.3) is 0 Å². The van der Waals surface area contributed by atoms with E-state index in [1.165, 1.54) is 23.9 Å². The first-order valence-corrected chi connectivity index (χ1v) is 7.60. The Morgan fingerprint density at radius 3 is 2.45 bits per heavy atom. The molecule has 3 N–H and O–H groups in total. The zero-order chi connectivity index (χ0) is 15.7. The van der Waals surface area contributed by atoms with E-state index in [1.807, 2.05) is 0 Å². The van der Waals surface area contributed by atoms with Crippen molar-refractivity contribution in [1.82, 2.24) is 14.6 Å². The molecule has 0 saturated heterocycles. The Balaban J connectivity index is 3.08. The summed E-state index contributed by atoms with van der Waals surface area (Å²) < 4.78 is 27.0. The summed E-state index contributed by atoms with van der Waals surface area (Å²) >= 11 is 0. The van der Waals surface area contributed by atoms with Crippen LogP contribution in [0.4, 0.5) is 0 Å². The van der Waals surface area contributed by atoms with Gasteiger partial charge in [0.1, 0.15) is 10.6 Å². The minimum absolute atomic E-state index is 0.0162. The van der Waals surface area contributed by atoms with Gasteiger partial charge in [-0.2, -0.15) is 0 Å². The second-order valence-corrected chi connectivity index (χ2v) is 7.12. The summed E-state index contributed by atoms with van der Waals surface area (Å²) in [5.41, 5.74) is -0.615. The Kier molecular flexibility index (Phi) is 4.62. The summed E-state index contributed by atoms with van der Waals surface area (Å²) in [6.07, 6.45) is 0.614. The van der Waals surface area contributed by atoms with Crippen LogP contribution in [-0.4, -0.2) is 42.7 Å². The topological polar surface area (TPSA) is 100 Å². The molecule has 0 radical (unpaired) electrons. The van der Waals surface area contributed by atoms with Crippen molar-refractivity contribution in [3.8, 4) is 0 Å². The predicted octanol–water partition coefficient (Wildman–Crippen LogP) is -0.178. The van der Waals surface area contributed by atoms with Gasteiger partial charge in [-0.3, -0.25) is 4.79 Å². The number of carbonyl (C=O) groups excluding carboxylic acids is 1. The van der Waals surface area contributed by atoms with Gasteiger partial charge in [0.25, 0.3) is 5.91 Å². The van der Waals surface area contributed by atoms with Crippen molar-refractivity contribution in [1.29, 1.82) is 0 Å². The molecule has 0 aliphatic rings. The molecule has 1 aromatic rings. The Hall–Kier alpha value is -1.38. The molecule has 1 unspecified atom stereocenters. The summed E-state index contributed by atoms with van der Waals surface area (Å²) in [7, 11) is -0.707. The molecule has 0 bridgehead atoms.